The average Bonchev–Trinajstić information content (AvgIpc) is 2.61. The van der Waals surface area contributed by atoms with Crippen LogP contribution in [0.5, 0.6) is 0 Å². The molecule has 3 nitrogen and oxygen atoms in total. The van der Waals surface area contributed by atoms with Crippen molar-refractivity contribution in [2.45, 2.75) is 18.9 Å². The van der Waals surface area contributed by atoms with Gasteiger partial charge in [-0.25, -0.2) is 4.98 Å². The fraction of sp³-hybridized carbons (Fsp3) is 0.316. The summed E-state index contributed by atoms with van der Waals surface area (Å²) >= 11 is 0. The van der Waals surface area contributed by atoms with E-state index < -0.39 is 0 Å². The van der Waals surface area contributed by atoms with Crippen LogP contribution in [0, 0.1) is 0 Å². The molecule has 114 valence electrons. The van der Waals surface area contributed by atoms with Gasteiger partial charge in [0.25, 0.3) is 0 Å². The summed E-state index contributed by atoms with van der Waals surface area (Å²) in [5.41, 5.74) is 2.57. The van der Waals surface area contributed by atoms with Crippen molar-refractivity contribution in [3.05, 3.63) is 66.4 Å². The highest BCUT2D eigenvalue weighted by molar-refractivity contribution is 5.47. The Labute approximate surface area is 132 Å². The SMILES string of the molecule is C=Cc1ccc(CCC2CNCCN2c2ccccn2)cc1. The molecule has 0 amide bonds. The van der Waals surface area contributed by atoms with E-state index in [-0.39, 0.29) is 0 Å². The Balaban J connectivity index is 1.65. The van der Waals surface area contributed by atoms with Crippen molar-refractivity contribution in [1.82, 2.24) is 10.3 Å². The number of anilines is 1. The van der Waals surface area contributed by atoms with Gasteiger partial charge in [-0.05, 0) is 36.1 Å². The van der Waals surface area contributed by atoms with Gasteiger partial charge in [0.05, 0.1) is 0 Å². The minimum absolute atomic E-state index is 0.503. The fourth-order valence-corrected chi connectivity index (χ4v) is 3.00. The number of piperazine rings is 1. The lowest BCUT2D eigenvalue weighted by atomic mass is 10.0. The first-order chi connectivity index (χ1) is 10.9. The van der Waals surface area contributed by atoms with Crippen molar-refractivity contribution in [2.75, 3.05) is 24.5 Å². The van der Waals surface area contributed by atoms with Crippen LogP contribution in [-0.2, 0) is 6.42 Å². The largest absolute Gasteiger partial charge is 0.351 e. The van der Waals surface area contributed by atoms with Crippen LogP contribution in [0.25, 0.3) is 6.08 Å². The fourth-order valence-electron chi connectivity index (χ4n) is 3.00. The first-order valence-electron chi connectivity index (χ1n) is 7.96. The summed E-state index contributed by atoms with van der Waals surface area (Å²) in [5.74, 6) is 1.09. The number of nitrogens with one attached hydrogen (secondary N) is 1. The Morgan fingerprint density at radius 3 is 2.82 bits per heavy atom. The predicted octanol–water partition coefficient (Wildman–Crippen LogP) is 3.14. The highest BCUT2D eigenvalue weighted by Gasteiger charge is 2.22. The van der Waals surface area contributed by atoms with Crippen molar-refractivity contribution < 1.29 is 0 Å². The number of aryl methyl sites for hydroxylation is 1. The molecule has 22 heavy (non-hydrogen) atoms. The summed E-state index contributed by atoms with van der Waals surface area (Å²) < 4.78 is 0. The van der Waals surface area contributed by atoms with Gasteiger partial charge in [-0.1, -0.05) is 43.0 Å². The van der Waals surface area contributed by atoms with E-state index in [1.807, 2.05) is 18.3 Å². The van der Waals surface area contributed by atoms with Gasteiger partial charge in [0.15, 0.2) is 0 Å². The molecule has 0 saturated carbocycles. The molecule has 2 heterocycles. The van der Waals surface area contributed by atoms with E-state index in [0.717, 1.165) is 38.3 Å². The minimum atomic E-state index is 0.503. The van der Waals surface area contributed by atoms with E-state index >= 15 is 0 Å². The average molecular weight is 293 g/mol. The standard InChI is InChI=1S/C19H23N3/c1-2-16-6-8-17(9-7-16)10-11-18-15-20-13-14-22(18)19-5-3-4-12-21-19/h2-9,12,18,20H,1,10-11,13-15H2. The monoisotopic (exact) mass is 293 g/mol. The molecule has 1 aliphatic rings. The lowest BCUT2D eigenvalue weighted by molar-refractivity contribution is 0.451. The van der Waals surface area contributed by atoms with Crippen LogP contribution in [0.3, 0.4) is 0 Å². The zero-order valence-electron chi connectivity index (χ0n) is 12.9. The minimum Gasteiger partial charge on any atom is -0.351 e. The van der Waals surface area contributed by atoms with Crippen LogP contribution < -0.4 is 10.2 Å². The van der Waals surface area contributed by atoms with Crippen LogP contribution in [-0.4, -0.2) is 30.7 Å². The van der Waals surface area contributed by atoms with E-state index in [2.05, 4.69) is 58.2 Å². The van der Waals surface area contributed by atoms with E-state index in [1.165, 1.54) is 11.1 Å². The third-order valence-electron chi connectivity index (χ3n) is 4.28. The van der Waals surface area contributed by atoms with Crippen molar-refractivity contribution >= 4 is 11.9 Å². The maximum absolute atomic E-state index is 4.52. The van der Waals surface area contributed by atoms with Crippen LogP contribution in [0.1, 0.15) is 17.5 Å². The summed E-state index contributed by atoms with van der Waals surface area (Å²) in [6, 6.07) is 15.3. The third kappa shape index (κ3) is 3.55. The molecule has 0 spiro atoms. The third-order valence-corrected chi connectivity index (χ3v) is 4.28. The number of pyridine rings is 1. The first-order valence-corrected chi connectivity index (χ1v) is 7.96. The van der Waals surface area contributed by atoms with E-state index in [0.29, 0.717) is 6.04 Å². The number of nitrogens with zero attached hydrogens (tertiary/aromatic N) is 2. The summed E-state index contributed by atoms with van der Waals surface area (Å²) in [7, 11) is 0. The zero-order chi connectivity index (χ0) is 15.2. The highest BCUT2D eigenvalue weighted by atomic mass is 15.3. The van der Waals surface area contributed by atoms with Gasteiger partial charge in [0.2, 0.25) is 0 Å². The van der Waals surface area contributed by atoms with E-state index in [1.54, 1.807) is 0 Å². The second kappa shape index (κ2) is 7.23. The molecule has 1 aromatic carbocycles. The Morgan fingerprint density at radius 2 is 2.09 bits per heavy atom. The lowest BCUT2D eigenvalue weighted by Gasteiger charge is -2.37. The molecule has 0 aliphatic carbocycles. The molecule has 3 rings (SSSR count). The molecule has 1 saturated heterocycles. The molecule has 0 bridgehead atoms. The molecule has 1 unspecified atom stereocenters. The Bertz CT molecular complexity index is 592. The van der Waals surface area contributed by atoms with Crippen molar-refractivity contribution in [2.24, 2.45) is 0 Å². The molecular formula is C19H23N3. The molecule has 1 N–H and O–H groups in total. The topological polar surface area (TPSA) is 28.2 Å². The van der Waals surface area contributed by atoms with Gasteiger partial charge in [0, 0.05) is 31.9 Å². The highest BCUT2D eigenvalue weighted by Crippen LogP contribution is 2.19. The normalized spacial score (nSPS) is 18.2. The number of hydrogen-bond donors (Lipinski definition) is 1. The van der Waals surface area contributed by atoms with E-state index in [4.69, 9.17) is 0 Å². The Hall–Kier alpha value is -2.13. The summed E-state index contributed by atoms with van der Waals surface area (Å²) in [4.78, 5) is 6.96. The molecule has 3 heteroatoms. The summed E-state index contributed by atoms with van der Waals surface area (Å²) in [6.45, 7) is 6.88. The predicted molar refractivity (Wildman–Crippen MR) is 93.1 cm³/mol. The first kappa shape index (κ1) is 14.8. The van der Waals surface area contributed by atoms with Gasteiger partial charge in [0.1, 0.15) is 5.82 Å². The van der Waals surface area contributed by atoms with Crippen molar-refractivity contribution in [3.8, 4) is 0 Å². The second-order valence-electron chi connectivity index (χ2n) is 5.72. The Kier molecular flexibility index (Phi) is 4.86. The molecule has 0 radical (unpaired) electrons. The van der Waals surface area contributed by atoms with Gasteiger partial charge in [-0.3, -0.25) is 0 Å². The van der Waals surface area contributed by atoms with Crippen molar-refractivity contribution in [3.63, 3.8) is 0 Å². The van der Waals surface area contributed by atoms with E-state index in [9.17, 15) is 0 Å². The van der Waals surface area contributed by atoms with Crippen molar-refractivity contribution in [1.29, 1.82) is 0 Å². The van der Waals surface area contributed by atoms with Crippen LogP contribution >= 0.6 is 0 Å². The quantitative estimate of drug-likeness (QED) is 0.918. The maximum atomic E-state index is 4.52. The molecule has 1 aliphatic heterocycles. The molecule has 2 aromatic rings. The molecule has 1 atom stereocenters. The Morgan fingerprint density at radius 1 is 1.23 bits per heavy atom. The van der Waals surface area contributed by atoms with Crippen LogP contribution in [0.15, 0.2) is 55.2 Å². The lowest BCUT2D eigenvalue weighted by Crippen LogP contribution is -2.51. The number of benzene rings is 1. The van der Waals surface area contributed by atoms with Gasteiger partial charge < -0.3 is 10.2 Å². The van der Waals surface area contributed by atoms with Gasteiger partial charge in [-0.2, -0.15) is 0 Å². The molecule has 1 aromatic heterocycles. The number of rotatable bonds is 5. The zero-order valence-corrected chi connectivity index (χ0v) is 12.9. The van der Waals surface area contributed by atoms with Gasteiger partial charge in [-0.15, -0.1) is 0 Å². The van der Waals surface area contributed by atoms with Crippen LogP contribution in [0.2, 0.25) is 0 Å². The molecular weight excluding hydrogens is 270 g/mol. The van der Waals surface area contributed by atoms with Gasteiger partial charge >= 0.3 is 0 Å². The molecule has 1 fully saturated rings. The number of hydrogen-bond acceptors (Lipinski definition) is 3. The summed E-state index contributed by atoms with van der Waals surface area (Å²) in [6.07, 6.45) is 5.99. The smallest absolute Gasteiger partial charge is 0.128 e. The maximum Gasteiger partial charge on any atom is 0.128 e. The summed E-state index contributed by atoms with van der Waals surface area (Å²) in [5, 5.41) is 3.51. The number of aromatic nitrogens is 1. The second-order valence-corrected chi connectivity index (χ2v) is 5.72. The van der Waals surface area contributed by atoms with Crippen LogP contribution in [0.4, 0.5) is 5.82 Å².